The van der Waals surface area contributed by atoms with Crippen molar-refractivity contribution in [3.05, 3.63) is 90.3 Å². The summed E-state index contributed by atoms with van der Waals surface area (Å²) >= 11 is 0. The Balaban J connectivity index is 1.84. The number of amides is 1. The van der Waals surface area contributed by atoms with E-state index in [0.717, 1.165) is 21.2 Å². The topological polar surface area (TPSA) is 75.3 Å². The SMILES string of the molecule is CCC(NC(=O)c1c(OC)c(-c2ccccc2)nc2ccccc12)c1ccc[n+](O)c1. The molecule has 4 aromatic rings. The van der Waals surface area contributed by atoms with Crippen LogP contribution in [-0.2, 0) is 0 Å². The van der Waals surface area contributed by atoms with Gasteiger partial charge in [0, 0.05) is 27.3 Å². The third-order valence-electron chi connectivity index (χ3n) is 5.25. The average Bonchev–Trinajstić information content (AvgIpc) is 2.81. The molecule has 0 aliphatic carbocycles. The summed E-state index contributed by atoms with van der Waals surface area (Å²) in [6, 6.07) is 20.6. The van der Waals surface area contributed by atoms with E-state index in [2.05, 4.69) is 5.32 Å². The summed E-state index contributed by atoms with van der Waals surface area (Å²) in [6.07, 6.45) is 3.78. The zero-order chi connectivity index (χ0) is 21.8. The van der Waals surface area contributed by atoms with Crippen molar-refractivity contribution < 1.29 is 19.5 Å². The lowest BCUT2D eigenvalue weighted by molar-refractivity contribution is -0.905. The lowest BCUT2D eigenvalue weighted by Crippen LogP contribution is -2.33. The van der Waals surface area contributed by atoms with E-state index in [0.29, 0.717) is 28.9 Å². The summed E-state index contributed by atoms with van der Waals surface area (Å²) in [5.41, 5.74) is 3.46. The normalized spacial score (nSPS) is 11.8. The van der Waals surface area contributed by atoms with E-state index in [9.17, 15) is 10.0 Å². The van der Waals surface area contributed by atoms with Gasteiger partial charge in [-0.25, -0.2) is 4.98 Å². The molecule has 6 heteroatoms. The van der Waals surface area contributed by atoms with Gasteiger partial charge in [0.25, 0.3) is 5.91 Å². The number of benzene rings is 2. The Morgan fingerprint density at radius 3 is 2.55 bits per heavy atom. The summed E-state index contributed by atoms with van der Waals surface area (Å²) in [4.78, 5) is 18.3. The third kappa shape index (κ3) is 4.05. The molecule has 2 N–H and O–H groups in total. The highest BCUT2D eigenvalue weighted by Gasteiger charge is 2.25. The molecule has 4 rings (SSSR count). The molecule has 1 amide bonds. The monoisotopic (exact) mass is 414 g/mol. The van der Waals surface area contributed by atoms with Crippen LogP contribution in [0.3, 0.4) is 0 Å². The van der Waals surface area contributed by atoms with Crippen LogP contribution in [0.25, 0.3) is 22.2 Å². The van der Waals surface area contributed by atoms with Gasteiger partial charge in [-0.3, -0.25) is 10.0 Å². The van der Waals surface area contributed by atoms with Crippen LogP contribution in [0.1, 0.15) is 35.3 Å². The van der Waals surface area contributed by atoms with E-state index >= 15 is 0 Å². The van der Waals surface area contributed by atoms with E-state index in [1.54, 1.807) is 19.4 Å². The van der Waals surface area contributed by atoms with Crippen molar-refractivity contribution in [1.82, 2.24) is 10.3 Å². The molecule has 0 spiro atoms. The number of nitrogens with one attached hydrogen (secondary N) is 1. The van der Waals surface area contributed by atoms with E-state index in [1.165, 1.54) is 6.20 Å². The molecule has 2 heterocycles. The second-order valence-corrected chi connectivity index (χ2v) is 7.20. The van der Waals surface area contributed by atoms with Crippen LogP contribution in [0, 0.1) is 0 Å². The maximum atomic E-state index is 13.6. The number of methoxy groups -OCH3 is 1. The maximum Gasteiger partial charge on any atom is 0.256 e. The molecule has 6 nitrogen and oxygen atoms in total. The van der Waals surface area contributed by atoms with Crippen molar-refractivity contribution in [2.45, 2.75) is 19.4 Å². The summed E-state index contributed by atoms with van der Waals surface area (Å²) in [5, 5.41) is 13.6. The molecule has 0 fully saturated rings. The van der Waals surface area contributed by atoms with Gasteiger partial charge in [0.2, 0.25) is 12.4 Å². The molecule has 31 heavy (non-hydrogen) atoms. The number of hydrogen-bond acceptors (Lipinski definition) is 4. The minimum Gasteiger partial charge on any atom is -0.494 e. The first-order chi connectivity index (χ1) is 15.1. The lowest BCUT2D eigenvalue weighted by atomic mass is 10.0. The van der Waals surface area contributed by atoms with Gasteiger partial charge < -0.3 is 10.1 Å². The van der Waals surface area contributed by atoms with Gasteiger partial charge >= 0.3 is 0 Å². The summed E-state index contributed by atoms with van der Waals surface area (Å²) < 4.78 is 6.72. The van der Waals surface area contributed by atoms with E-state index in [1.807, 2.05) is 67.6 Å². The molecule has 0 saturated carbocycles. The third-order valence-corrected chi connectivity index (χ3v) is 5.25. The van der Waals surface area contributed by atoms with Gasteiger partial charge in [-0.05, 0) is 18.6 Å². The molecule has 0 radical (unpaired) electrons. The molecular formula is C25H24N3O3+. The molecular weight excluding hydrogens is 390 g/mol. The minimum absolute atomic E-state index is 0.257. The Labute approximate surface area is 180 Å². The fraction of sp³-hybridized carbons (Fsp3) is 0.160. The van der Waals surface area contributed by atoms with Gasteiger partial charge in [-0.15, -0.1) is 0 Å². The van der Waals surface area contributed by atoms with Gasteiger partial charge in [0.1, 0.15) is 5.69 Å². The fourth-order valence-electron chi connectivity index (χ4n) is 3.75. The smallest absolute Gasteiger partial charge is 0.256 e. The molecule has 0 bridgehead atoms. The van der Waals surface area contributed by atoms with Crippen LogP contribution >= 0.6 is 0 Å². The van der Waals surface area contributed by atoms with Crippen LogP contribution in [-0.4, -0.2) is 23.2 Å². The van der Waals surface area contributed by atoms with Crippen LogP contribution in [0.15, 0.2) is 79.1 Å². The molecule has 0 aliphatic heterocycles. The van der Waals surface area contributed by atoms with Crippen molar-refractivity contribution in [2.24, 2.45) is 0 Å². The van der Waals surface area contributed by atoms with Crippen molar-refractivity contribution in [3.63, 3.8) is 0 Å². The highest BCUT2D eigenvalue weighted by Crippen LogP contribution is 2.36. The Kier molecular flexibility index (Phi) is 5.80. The molecule has 0 aliphatic rings. The van der Waals surface area contributed by atoms with Crippen molar-refractivity contribution in [3.8, 4) is 17.0 Å². The maximum absolute atomic E-state index is 13.6. The summed E-state index contributed by atoms with van der Waals surface area (Å²) in [5.74, 6) is 0.176. The first kappa shape index (κ1) is 20.3. The summed E-state index contributed by atoms with van der Waals surface area (Å²) in [7, 11) is 1.55. The number of aromatic nitrogens is 2. The number of ether oxygens (including phenoxy) is 1. The van der Waals surface area contributed by atoms with Crippen LogP contribution < -0.4 is 14.8 Å². The largest absolute Gasteiger partial charge is 0.494 e. The number of pyridine rings is 2. The predicted molar refractivity (Wildman–Crippen MR) is 118 cm³/mol. The zero-order valence-electron chi connectivity index (χ0n) is 17.4. The van der Waals surface area contributed by atoms with Crippen molar-refractivity contribution in [1.29, 1.82) is 0 Å². The molecule has 0 saturated heterocycles. The van der Waals surface area contributed by atoms with E-state index in [-0.39, 0.29) is 11.9 Å². The first-order valence-electron chi connectivity index (χ1n) is 10.2. The van der Waals surface area contributed by atoms with Gasteiger partial charge in [0.05, 0.1) is 24.2 Å². The standard InChI is InChI=1S/C25H23N3O3/c1-3-20(18-12-9-15-28(30)16-18)27-25(29)22-19-13-7-8-14-21(19)26-23(24(22)31-2)17-10-5-4-6-11-17/h4-16,20H,3H2,1-2H3,(H-,27,29,30)/p+1. The number of carbonyl (C=O) groups excluding carboxylic acids is 1. The number of carbonyl (C=O) groups is 1. The van der Waals surface area contributed by atoms with Crippen LogP contribution in [0.4, 0.5) is 0 Å². The van der Waals surface area contributed by atoms with Crippen LogP contribution in [0.2, 0.25) is 0 Å². The first-order valence-corrected chi connectivity index (χ1v) is 10.2. The molecule has 2 aromatic carbocycles. The zero-order valence-corrected chi connectivity index (χ0v) is 17.4. The molecule has 1 atom stereocenters. The number of fused-ring (bicyclic) bond motifs is 1. The van der Waals surface area contributed by atoms with Gasteiger partial charge in [-0.2, -0.15) is 0 Å². The van der Waals surface area contributed by atoms with Gasteiger partial charge in [-0.1, -0.05) is 55.5 Å². The van der Waals surface area contributed by atoms with E-state index in [4.69, 9.17) is 9.72 Å². The highest BCUT2D eigenvalue weighted by atomic mass is 16.5. The molecule has 2 aromatic heterocycles. The lowest BCUT2D eigenvalue weighted by Gasteiger charge is -2.19. The second-order valence-electron chi connectivity index (χ2n) is 7.20. The second kappa shape index (κ2) is 8.83. The predicted octanol–water partition coefficient (Wildman–Crippen LogP) is 4.32. The summed E-state index contributed by atoms with van der Waals surface area (Å²) in [6.45, 7) is 1.98. The van der Waals surface area contributed by atoms with Crippen molar-refractivity contribution >= 4 is 16.8 Å². The fourth-order valence-corrected chi connectivity index (χ4v) is 3.75. The minimum atomic E-state index is -0.274. The number of nitrogens with zero attached hydrogens (tertiary/aromatic N) is 2. The molecule has 156 valence electrons. The Hall–Kier alpha value is -3.93. The number of rotatable bonds is 6. The quantitative estimate of drug-likeness (QED) is 0.364. The van der Waals surface area contributed by atoms with Gasteiger partial charge in [0.15, 0.2) is 5.75 Å². The average molecular weight is 414 g/mol. The van der Waals surface area contributed by atoms with Crippen LogP contribution in [0.5, 0.6) is 5.75 Å². The van der Waals surface area contributed by atoms with E-state index < -0.39 is 0 Å². The number of hydrogen-bond donors (Lipinski definition) is 2. The Morgan fingerprint density at radius 1 is 1.10 bits per heavy atom. The Bertz CT molecular complexity index is 1230. The Morgan fingerprint density at radius 2 is 1.84 bits per heavy atom. The highest BCUT2D eigenvalue weighted by molar-refractivity contribution is 6.10. The van der Waals surface area contributed by atoms with Crippen molar-refractivity contribution in [2.75, 3.05) is 7.11 Å². The number of para-hydroxylation sites is 1. The molecule has 1 unspecified atom stereocenters.